The van der Waals surface area contributed by atoms with Gasteiger partial charge in [0.05, 0.1) is 7.11 Å². The number of rotatable bonds is 15. The molecule has 3 aromatic carbocycles. The molecule has 0 unspecified atom stereocenters. The number of hydrogen-bond donors (Lipinski definition) is 2. The first-order valence-electron chi connectivity index (χ1n) is 15.5. The van der Waals surface area contributed by atoms with Crippen LogP contribution in [0.15, 0.2) is 83.8 Å². The molecule has 0 saturated carbocycles. The molecule has 2 aliphatic rings. The fourth-order valence-electron chi connectivity index (χ4n) is 5.36. The Kier molecular flexibility index (Phi) is 12.4. The van der Waals surface area contributed by atoms with Crippen LogP contribution in [0.5, 0.6) is 11.5 Å². The molecule has 2 saturated heterocycles. The molecule has 13 heteroatoms. The molecular weight excluding hydrogens is 739 g/mol. The van der Waals surface area contributed by atoms with Gasteiger partial charge in [-0.15, -0.1) is 0 Å². The number of sulfonamides is 1. The van der Waals surface area contributed by atoms with Crippen LogP contribution in [0.2, 0.25) is 0 Å². The van der Waals surface area contributed by atoms with E-state index in [4.69, 9.17) is 23.7 Å². The minimum absolute atomic E-state index is 0.0257. The first-order valence-corrected chi connectivity index (χ1v) is 19.7. The van der Waals surface area contributed by atoms with Crippen LogP contribution in [0.3, 0.4) is 0 Å². The molecule has 1 amide bonds. The van der Waals surface area contributed by atoms with Gasteiger partial charge >= 0.3 is 216 Å². The second kappa shape index (κ2) is 16.4. The number of nitrogens with one attached hydrogen (secondary N) is 1. The van der Waals surface area contributed by atoms with Crippen molar-refractivity contribution >= 4 is 16.1 Å². The van der Waals surface area contributed by atoms with E-state index in [2.05, 4.69) is 5.32 Å². The third-order valence-corrected chi connectivity index (χ3v) is 12.8. The van der Waals surface area contributed by atoms with Crippen LogP contribution in [-0.4, -0.2) is 83.8 Å². The Morgan fingerprint density at radius 2 is 1.68 bits per heavy atom. The van der Waals surface area contributed by atoms with E-state index in [9.17, 15) is 18.3 Å². The van der Waals surface area contributed by atoms with Crippen molar-refractivity contribution in [1.82, 2.24) is 9.62 Å². The number of aliphatic hydroxyl groups is 1. The summed E-state index contributed by atoms with van der Waals surface area (Å²) in [6.45, 7) is 4.41. The minimum atomic E-state index is -3.98. The van der Waals surface area contributed by atoms with Gasteiger partial charge in [-0.3, -0.25) is 0 Å². The van der Waals surface area contributed by atoms with Crippen molar-refractivity contribution in [3.05, 3.63) is 90.0 Å². The van der Waals surface area contributed by atoms with Gasteiger partial charge in [-0.1, -0.05) is 30.3 Å². The summed E-state index contributed by atoms with van der Waals surface area (Å²) in [5.41, 5.74) is 1.86. The summed E-state index contributed by atoms with van der Waals surface area (Å²) in [6.07, 6.45) is -2.51. The Labute approximate surface area is 286 Å². The zero-order valence-electron chi connectivity index (χ0n) is 26.7. The van der Waals surface area contributed by atoms with E-state index in [-0.39, 0.29) is 68.4 Å². The number of halogens is 1. The number of alkyl carbamates (subject to hydrolysis) is 1. The number of alkyl halides is 2. The maximum atomic E-state index is 13.8. The summed E-state index contributed by atoms with van der Waals surface area (Å²) in [5, 5.41) is 14.4. The molecule has 2 fully saturated rings. The minimum Gasteiger partial charge on any atom is -0.0186 e. The van der Waals surface area contributed by atoms with Gasteiger partial charge < -0.3 is 4.74 Å². The topological polar surface area (TPSA) is 133 Å². The molecule has 256 valence electrons. The third-order valence-electron chi connectivity index (χ3n) is 7.82. The van der Waals surface area contributed by atoms with Gasteiger partial charge in [-0.2, -0.15) is 0 Å². The van der Waals surface area contributed by atoms with E-state index in [0.29, 0.717) is 22.7 Å². The number of nitrogens with zero attached hydrogens (tertiary/aromatic N) is 1. The van der Waals surface area contributed by atoms with E-state index in [1.807, 2.05) is 68.4 Å². The van der Waals surface area contributed by atoms with Crippen LogP contribution >= 0.6 is 0 Å². The number of carbonyl (C=O) groups excluding carboxylic acids is 1. The SMILES string of the molecule is COc1ccc(S(=O)(=O)N(CC(C)C)C[C@@H](O)[C@H](Cc2ccc(OCc3ccccc3)cc2)NC(=O)O[C@H]2CO[C@H]3OC[I-][C@H]32)cc1. The predicted octanol–water partition coefficient (Wildman–Crippen LogP) is 0.790. The Hall–Kier alpha value is -2.95. The van der Waals surface area contributed by atoms with E-state index in [1.54, 1.807) is 12.1 Å². The van der Waals surface area contributed by atoms with Crippen LogP contribution in [-0.2, 0) is 37.3 Å². The molecule has 2 aliphatic heterocycles. The third kappa shape index (κ3) is 9.57. The molecule has 2 N–H and O–H groups in total. The molecule has 5 rings (SSSR count). The Morgan fingerprint density at radius 1 is 0.979 bits per heavy atom. The molecule has 0 aromatic heterocycles. The van der Waals surface area contributed by atoms with Gasteiger partial charge in [0.25, 0.3) is 0 Å². The van der Waals surface area contributed by atoms with Gasteiger partial charge in [-0.05, 0) is 17.7 Å². The van der Waals surface area contributed by atoms with E-state index < -0.39 is 34.4 Å². The van der Waals surface area contributed by atoms with Gasteiger partial charge in [-0.25, -0.2) is 0 Å². The smallest absolute Gasteiger partial charge is 0.0186 e. The summed E-state index contributed by atoms with van der Waals surface area (Å²) in [5.74, 6) is 1.18. The van der Waals surface area contributed by atoms with Crippen molar-refractivity contribution in [1.29, 1.82) is 0 Å². The molecular formula is C34H42IN2O9S-. The van der Waals surface area contributed by atoms with Gasteiger partial charge in [0.15, 0.2) is 0 Å². The number of fused-ring (bicyclic) bond motifs is 1. The number of carbonyl (C=O) groups is 1. The summed E-state index contributed by atoms with van der Waals surface area (Å²) < 4.78 is 57.6. The molecule has 0 radical (unpaired) electrons. The Balaban J connectivity index is 1.31. The summed E-state index contributed by atoms with van der Waals surface area (Å²) >= 11 is -0.325. The zero-order chi connectivity index (χ0) is 33.4. The molecule has 2 heterocycles. The number of benzene rings is 3. The molecule has 0 spiro atoms. The fourth-order valence-corrected chi connectivity index (χ4v) is 9.72. The van der Waals surface area contributed by atoms with Crippen LogP contribution in [0, 0.1) is 5.92 Å². The first-order chi connectivity index (χ1) is 22.6. The second-order valence-electron chi connectivity index (χ2n) is 11.9. The number of methoxy groups -OCH3 is 1. The maximum absolute atomic E-state index is 13.8. The molecule has 5 atom stereocenters. The summed E-state index contributed by atoms with van der Waals surface area (Å²) in [4.78, 5) is 13.3. The van der Waals surface area contributed by atoms with Crippen LogP contribution in [0.1, 0.15) is 25.0 Å². The number of hydrogen-bond acceptors (Lipinski definition) is 9. The van der Waals surface area contributed by atoms with Gasteiger partial charge in [0.2, 0.25) is 0 Å². The van der Waals surface area contributed by atoms with E-state index >= 15 is 0 Å². The average Bonchev–Trinajstić information content (AvgIpc) is 3.69. The molecule has 47 heavy (non-hydrogen) atoms. The fraction of sp³-hybridized carbons (Fsp3) is 0.441. The standard InChI is InChI=1S/C34H42IN2O9S/c1-23(2)18-37(47(40,41)28-15-13-26(42-3)14-16-28)19-30(38)29(36-34(39)46-31-21-44-33-32(31)35-22-45-33)17-24-9-11-27(12-10-24)43-20-25-7-5-4-6-8-25/h4-16,23,29-33,38H,17-22H2,1-3H3,(H,36,39)/q-1/t29-,30+,31-,32-,33-/m0/s1. The average molecular weight is 782 g/mol. The number of amides is 1. The Morgan fingerprint density at radius 3 is 2.36 bits per heavy atom. The normalized spacial score (nSPS) is 20.7. The summed E-state index contributed by atoms with van der Waals surface area (Å²) in [6, 6.07) is 22.5. The molecule has 11 nitrogen and oxygen atoms in total. The van der Waals surface area contributed by atoms with Crippen LogP contribution in [0.4, 0.5) is 4.79 Å². The second-order valence-corrected chi connectivity index (χ2v) is 16.7. The van der Waals surface area contributed by atoms with Crippen LogP contribution < -0.4 is 36.0 Å². The molecule has 0 bridgehead atoms. The summed E-state index contributed by atoms with van der Waals surface area (Å²) in [7, 11) is -2.47. The molecule has 3 aromatic rings. The van der Waals surface area contributed by atoms with Crippen molar-refractivity contribution in [3.8, 4) is 11.5 Å². The first kappa shape index (κ1) is 35.4. The van der Waals surface area contributed by atoms with Crippen molar-refractivity contribution in [2.24, 2.45) is 5.92 Å². The van der Waals surface area contributed by atoms with Crippen molar-refractivity contribution in [3.63, 3.8) is 0 Å². The molecule has 0 aliphatic carbocycles. The predicted molar refractivity (Wildman–Crippen MR) is 170 cm³/mol. The van der Waals surface area contributed by atoms with E-state index in [1.165, 1.54) is 23.5 Å². The van der Waals surface area contributed by atoms with Crippen LogP contribution in [0.25, 0.3) is 0 Å². The zero-order valence-corrected chi connectivity index (χ0v) is 29.6. The number of ether oxygens (including phenoxy) is 5. The van der Waals surface area contributed by atoms with Crippen molar-refractivity contribution in [2.75, 3.05) is 31.4 Å². The quantitative estimate of drug-likeness (QED) is 0.170. The van der Waals surface area contributed by atoms with E-state index in [0.717, 1.165) is 11.1 Å². The van der Waals surface area contributed by atoms with Gasteiger partial charge in [0, 0.05) is 0 Å². The Bertz CT molecular complexity index is 1540. The van der Waals surface area contributed by atoms with Crippen molar-refractivity contribution < 1.29 is 63.2 Å². The number of aliphatic hydroxyl groups excluding tert-OH is 1. The van der Waals surface area contributed by atoms with Gasteiger partial charge in [0.1, 0.15) is 12.4 Å². The monoisotopic (exact) mass is 781 g/mol. The van der Waals surface area contributed by atoms with Crippen molar-refractivity contribution in [2.45, 2.75) is 60.2 Å².